The van der Waals surface area contributed by atoms with Gasteiger partial charge in [0.15, 0.2) is 5.82 Å². The zero-order chi connectivity index (χ0) is 12.5. The molecule has 0 fully saturated rings. The van der Waals surface area contributed by atoms with Gasteiger partial charge < -0.3 is 5.73 Å². The van der Waals surface area contributed by atoms with Crippen LogP contribution in [0, 0.1) is 0 Å². The van der Waals surface area contributed by atoms with Gasteiger partial charge in [-0.3, -0.25) is 4.98 Å². The second kappa shape index (κ2) is 4.65. The van der Waals surface area contributed by atoms with Crippen molar-refractivity contribution in [3.63, 3.8) is 0 Å². The maximum absolute atomic E-state index is 6.02. The van der Waals surface area contributed by atoms with Crippen LogP contribution >= 0.6 is 15.9 Å². The molecule has 5 heteroatoms. The molecule has 0 aromatic carbocycles. The number of aryl methyl sites for hydroxylation is 1. The average Bonchev–Trinajstić information content (AvgIpc) is 2.39. The molecule has 2 aromatic heterocycles. The second-order valence-electron chi connectivity index (χ2n) is 4.43. The molecule has 3 rings (SSSR count). The molecule has 0 spiro atoms. The first-order chi connectivity index (χ1) is 8.74. The number of pyridine rings is 1. The lowest BCUT2D eigenvalue weighted by Gasteiger charge is -2.16. The second-order valence-corrected chi connectivity index (χ2v) is 5.34. The van der Waals surface area contributed by atoms with E-state index in [9.17, 15) is 0 Å². The number of nitrogen functional groups attached to an aromatic ring is 1. The van der Waals surface area contributed by atoms with Gasteiger partial charge in [-0.1, -0.05) is 0 Å². The van der Waals surface area contributed by atoms with Crippen LogP contribution in [0.5, 0.6) is 0 Å². The van der Waals surface area contributed by atoms with Gasteiger partial charge in [-0.2, -0.15) is 0 Å². The quantitative estimate of drug-likeness (QED) is 0.880. The smallest absolute Gasteiger partial charge is 0.180 e. The molecule has 0 saturated carbocycles. The summed E-state index contributed by atoms with van der Waals surface area (Å²) in [5, 5.41) is 0. The third-order valence-electron chi connectivity index (χ3n) is 3.17. The lowest BCUT2D eigenvalue weighted by molar-refractivity contribution is 0.665. The van der Waals surface area contributed by atoms with Crippen molar-refractivity contribution in [2.75, 3.05) is 5.73 Å². The number of halogens is 1. The van der Waals surface area contributed by atoms with Gasteiger partial charge in [-0.25, -0.2) is 9.97 Å². The largest absolute Gasteiger partial charge is 0.383 e. The number of hydrogen-bond acceptors (Lipinski definition) is 4. The monoisotopic (exact) mass is 304 g/mol. The Morgan fingerprint density at radius 2 is 1.94 bits per heavy atom. The summed E-state index contributed by atoms with van der Waals surface area (Å²) in [7, 11) is 0. The normalized spacial score (nSPS) is 14.3. The highest BCUT2D eigenvalue weighted by molar-refractivity contribution is 9.10. The molecule has 1 aliphatic carbocycles. The predicted octanol–water partition coefficient (Wildman–Crippen LogP) is 2.76. The van der Waals surface area contributed by atoms with Crippen molar-refractivity contribution in [2.24, 2.45) is 0 Å². The summed E-state index contributed by atoms with van der Waals surface area (Å²) >= 11 is 3.36. The summed E-state index contributed by atoms with van der Waals surface area (Å²) in [4.78, 5) is 13.3. The number of hydrogen-bond donors (Lipinski definition) is 1. The van der Waals surface area contributed by atoms with E-state index in [4.69, 9.17) is 5.73 Å². The van der Waals surface area contributed by atoms with Crippen LogP contribution in [0.15, 0.2) is 22.8 Å². The number of fused-ring (bicyclic) bond motifs is 1. The van der Waals surface area contributed by atoms with Gasteiger partial charge in [-0.05, 0) is 53.7 Å². The van der Waals surface area contributed by atoms with E-state index in [1.165, 1.54) is 12.8 Å². The van der Waals surface area contributed by atoms with Crippen molar-refractivity contribution in [2.45, 2.75) is 25.7 Å². The van der Waals surface area contributed by atoms with Crippen LogP contribution in [0.3, 0.4) is 0 Å². The fourth-order valence-corrected chi connectivity index (χ4v) is 2.48. The highest BCUT2D eigenvalue weighted by atomic mass is 79.9. The molecule has 0 bridgehead atoms. The summed E-state index contributed by atoms with van der Waals surface area (Å²) in [6.45, 7) is 0. The molecule has 92 valence electrons. The Balaban J connectivity index is 2.08. The zero-order valence-electron chi connectivity index (χ0n) is 9.86. The number of anilines is 1. The number of nitrogens with two attached hydrogens (primary N) is 1. The van der Waals surface area contributed by atoms with Crippen LogP contribution in [-0.2, 0) is 12.8 Å². The first kappa shape index (κ1) is 11.6. The van der Waals surface area contributed by atoms with Crippen molar-refractivity contribution in [3.8, 4) is 11.5 Å². The number of nitrogens with zero attached hydrogens (tertiary/aromatic N) is 3. The van der Waals surface area contributed by atoms with E-state index < -0.39 is 0 Å². The molecule has 0 atom stereocenters. The van der Waals surface area contributed by atoms with E-state index >= 15 is 0 Å². The molecule has 18 heavy (non-hydrogen) atoms. The fraction of sp³-hybridized carbons (Fsp3) is 0.308. The molecule has 0 aliphatic heterocycles. The van der Waals surface area contributed by atoms with Crippen molar-refractivity contribution < 1.29 is 0 Å². The number of rotatable bonds is 1. The lowest BCUT2D eigenvalue weighted by atomic mass is 9.96. The molecule has 0 unspecified atom stereocenters. The Hall–Kier alpha value is -1.49. The number of aromatic nitrogens is 3. The third-order valence-corrected chi connectivity index (χ3v) is 3.64. The van der Waals surface area contributed by atoms with Crippen molar-refractivity contribution in [1.82, 2.24) is 15.0 Å². The summed E-state index contributed by atoms with van der Waals surface area (Å²) in [5.41, 5.74) is 9.00. The molecular formula is C13H13BrN4. The minimum Gasteiger partial charge on any atom is -0.383 e. The van der Waals surface area contributed by atoms with Crippen LogP contribution in [0.1, 0.15) is 24.1 Å². The highest BCUT2D eigenvalue weighted by Gasteiger charge is 2.17. The van der Waals surface area contributed by atoms with Gasteiger partial charge in [0.1, 0.15) is 11.5 Å². The standard InChI is InChI=1S/C13H13BrN4/c14-8-5-6-11(16-7-8)13-17-10-4-2-1-3-9(10)12(15)18-13/h5-7H,1-4H2,(H2,15,17,18). The zero-order valence-corrected chi connectivity index (χ0v) is 11.4. The van der Waals surface area contributed by atoms with Crippen LogP contribution in [0.25, 0.3) is 11.5 Å². The van der Waals surface area contributed by atoms with Crippen LogP contribution in [0.2, 0.25) is 0 Å². The van der Waals surface area contributed by atoms with Crippen LogP contribution in [-0.4, -0.2) is 15.0 Å². The van der Waals surface area contributed by atoms with Crippen LogP contribution in [0.4, 0.5) is 5.82 Å². The topological polar surface area (TPSA) is 64.7 Å². The Morgan fingerprint density at radius 3 is 2.72 bits per heavy atom. The van der Waals surface area contributed by atoms with Gasteiger partial charge in [0.05, 0.1) is 0 Å². The van der Waals surface area contributed by atoms with Crippen LogP contribution < -0.4 is 5.73 Å². The predicted molar refractivity (Wildman–Crippen MR) is 74.0 cm³/mol. The van der Waals surface area contributed by atoms with Crippen molar-refractivity contribution in [1.29, 1.82) is 0 Å². The van der Waals surface area contributed by atoms with E-state index in [1.54, 1.807) is 6.20 Å². The van der Waals surface area contributed by atoms with Gasteiger partial charge in [0, 0.05) is 21.9 Å². The van der Waals surface area contributed by atoms with Gasteiger partial charge >= 0.3 is 0 Å². The van der Waals surface area contributed by atoms with E-state index in [-0.39, 0.29) is 0 Å². The first-order valence-electron chi connectivity index (χ1n) is 6.01. The summed E-state index contributed by atoms with van der Waals surface area (Å²) in [6, 6.07) is 3.83. The minimum atomic E-state index is 0.611. The van der Waals surface area contributed by atoms with E-state index in [2.05, 4.69) is 30.9 Å². The van der Waals surface area contributed by atoms with Gasteiger partial charge in [-0.15, -0.1) is 0 Å². The molecule has 2 aromatic rings. The maximum Gasteiger partial charge on any atom is 0.180 e. The molecule has 4 nitrogen and oxygen atoms in total. The molecule has 2 heterocycles. The summed E-state index contributed by atoms with van der Waals surface area (Å²) in [6.07, 6.45) is 6.09. The molecule has 0 radical (unpaired) electrons. The average molecular weight is 305 g/mol. The van der Waals surface area contributed by atoms with Gasteiger partial charge in [0.25, 0.3) is 0 Å². The molecule has 0 amide bonds. The Bertz CT molecular complexity index is 580. The Morgan fingerprint density at radius 1 is 1.11 bits per heavy atom. The van der Waals surface area contributed by atoms with Crippen molar-refractivity contribution >= 4 is 21.7 Å². The fourth-order valence-electron chi connectivity index (χ4n) is 2.25. The van der Waals surface area contributed by atoms with Gasteiger partial charge in [0.2, 0.25) is 0 Å². The summed E-state index contributed by atoms with van der Waals surface area (Å²) < 4.78 is 0.942. The minimum absolute atomic E-state index is 0.611. The first-order valence-corrected chi connectivity index (χ1v) is 6.80. The Labute approximate surface area is 114 Å². The molecular weight excluding hydrogens is 292 g/mol. The maximum atomic E-state index is 6.02. The molecule has 2 N–H and O–H groups in total. The Kier molecular flexibility index (Phi) is 2.99. The van der Waals surface area contributed by atoms with Crippen molar-refractivity contribution in [3.05, 3.63) is 34.1 Å². The third kappa shape index (κ3) is 2.10. The van der Waals surface area contributed by atoms with E-state index in [0.717, 1.165) is 34.3 Å². The molecule has 0 saturated heterocycles. The van der Waals surface area contributed by atoms with E-state index in [0.29, 0.717) is 11.6 Å². The SMILES string of the molecule is Nc1nc(-c2ccc(Br)cn2)nc2c1CCCC2. The highest BCUT2D eigenvalue weighted by Crippen LogP contribution is 2.26. The molecule has 1 aliphatic rings. The summed E-state index contributed by atoms with van der Waals surface area (Å²) in [5.74, 6) is 1.24. The van der Waals surface area contributed by atoms with E-state index in [1.807, 2.05) is 12.1 Å². The lowest BCUT2D eigenvalue weighted by Crippen LogP contribution is -2.12.